The van der Waals surface area contributed by atoms with Gasteiger partial charge in [-0.05, 0) is 87.8 Å². The summed E-state index contributed by atoms with van der Waals surface area (Å²) < 4.78 is 6.37. The Morgan fingerprint density at radius 2 is 0.900 bits per heavy atom. The van der Waals surface area contributed by atoms with Crippen LogP contribution in [0.25, 0.3) is 66.7 Å². The molecule has 0 aliphatic rings. The van der Waals surface area contributed by atoms with Crippen molar-refractivity contribution in [1.29, 1.82) is 0 Å². The van der Waals surface area contributed by atoms with Crippen molar-refractivity contribution in [3.63, 3.8) is 0 Å². The van der Waals surface area contributed by atoms with E-state index in [1.54, 1.807) is 0 Å². The maximum absolute atomic E-state index is 6.37. The number of rotatable bonds is 7. The number of para-hydroxylation sites is 1. The number of oxazole rings is 1. The molecular formula is C47H32N2O. The molecule has 236 valence electrons. The Morgan fingerprint density at radius 1 is 0.400 bits per heavy atom. The lowest BCUT2D eigenvalue weighted by Crippen LogP contribution is -2.11. The van der Waals surface area contributed by atoms with E-state index in [4.69, 9.17) is 9.40 Å². The average Bonchev–Trinajstić information content (AvgIpc) is 3.65. The molecule has 1 heterocycles. The number of hydrogen-bond acceptors (Lipinski definition) is 3. The van der Waals surface area contributed by atoms with Crippen LogP contribution in [-0.2, 0) is 0 Å². The average molecular weight is 641 g/mol. The molecule has 3 heteroatoms. The second-order valence-electron chi connectivity index (χ2n) is 12.4. The van der Waals surface area contributed by atoms with Crippen molar-refractivity contribution in [2.75, 3.05) is 4.90 Å². The van der Waals surface area contributed by atoms with Gasteiger partial charge in [-0.2, -0.15) is 0 Å². The molecule has 0 saturated carbocycles. The van der Waals surface area contributed by atoms with Crippen LogP contribution in [0.2, 0.25) is 0 Å². The van der Waals surface area contributed by atoms with Gasteiger partial charge in [-0.15, -0.1) is 0 Å². The highest BCUT2D eigenvalue weighted by Crippen LogP contribution is 2.42. The number of fused-ring (bicyclic) bond motifs is 3. The summed E-state index contributed by atoms with van der Waals surface area (Å²) in [5, 5.41) is 2.17. The van der Waals surface area contributed by atoms with Crippen LogP contribution in [0.15, 0.2) is 199 Å². The van der Waals surface area contributed by atoms with Crippen LogP contribution in [0.4, 0.5) is 17.1 Å². The minimum absolute atomic E-state index is 0.635. The number of benzene rings is 8. The predicted octanol–water partition coefficient (Wildman–Crippen LogP) is 13.1. The Bertz CT molecular complexity index is 2560. The molecule has 0 aliphatic carbocycles. The molecular weight excluding hydrogens is 609 g/mol. The predicted molar refractivity (Wildman–Crippen MR) is 208 cm³/mol. The molecule has 0 atom stereocenters. The van der Waals surface area contributed by atoms with E-state index in [1.807, 2.05) is 36.4 Å². The Kier molecular flexibility index (Phi) is 7.49. The van der Waals surface area contributed by atoms with E-state index in [0.29, 0.717) is 5.89 Å². The lowest BCUT2D eigenvalue weighted by atomic mass is 9.99. The van der Waals surface area contributed by atoms with Crippen LogP contribution < -0.4 is 4.90 Å². The summed E-state index contributed by atoms with van der Waals surface area (Å²) in [6.07, 6.45) is 0. The van der Waals surface area contributed by atoms with Crippen LogP contribution in [0.3, 0.4) is 0 Å². The van der Waals surface area contributed by atoms with Crippen molar-refractivity contribution in [1.82, 2.24) is 4.98 Å². The number of nitrogens with zero attached hydrogens (tertiary/aromatic N) is 2. The van der Waals surface area contributed by atoms with E-state index in [2.05, 4.69) is 163 Å². The molecule has 9 rings (SSSR count). The molecule has 0 bridgehead atoms. The van der Waals surface area contributed by atoms with Crippen molar-refractivity contribution < 1.29 is 4.42 Å². The summed E-state index contributed by atoms with van der Waals surface area (Å²) in [5.41, 5.74) is 12.9. The molecule has 0 spiro atoms. The fraction of sp³-hybridized carbons (Fsp3) is 0. The fourth-order valence-electron chi connectivity index (χ4n) is 6.78. The molecule has 0 aliphatic heterocycles. The molecule has 0 unspecified atom stereocenters. The summed E-state index contributed by atoms with van der Waals surface area (Å²) in [4.78, 5) is 7.16. The zero-order chi connectivity index (χ0) is 33.3. The molecule has 0 fully saturated rings. The molecule has 50 heavy (non-hydrogen) atoms. The molecule has 8 aromatic carbocycles. The highest BCUT2D eigenvalue weighted by molar-refractivity contribution is 6.05. The molecule has 0 amide bonds. The second-order valence-corrected chi connectivity index (χ2v) is 12.4. The van der Waals surface area contributed by atoms with Crippen molar-refractivity contribution >= 4 is 38.9 Å². The Morgan fingerprint density at radius 3 is 1.56 bits per heavy atom. The normalized spacial score (nSPS) is 11.2. The van der Waals surface area contributed by atoms with Crippen LogP contribution >= 0.6 is 0 Å². The maximum Gasteiger partial charge on any atom is 0.227 e. The van der Waals surface area contributed by atoms with Crippen LogP contribution in [0.5, 0.6) is 0 Å². The molecule has 1 aromatic heterocycles. The summed E-state index contributed by atoms with van der Waals surface area (Å²) in [6, 6.07) is 68.2. The van der Waals surface area contributed by atoms with Gasteiger partial charge in [0.15, 0.2) is 5.58 Å². The SMILES string of the molecule is c1ccc(-c2ccc(N(c3ccc(-c4ccc5ccc6nc(-c7ccccc7)oc6c5c4)cc3)c3ccccc3-c3ccccc3)cc2)cc1. The molecule has 0 radical (unpaired) electrons. The van der Waals surface area contributed by atoms with Crippen molar-refractivity contribution in [2.45, 2.75) is 0 Å². The van der Waals surface area contributed by atoms with Crippen molar-refractivity contribution in [3.05, 3.63) is 194 Å². The standard InChI is InChI=1S/C47H32N2O/c1-4-12-33(13-5-1)34-22-27-40(28-23-34)49(45-19-11-10-18-42(45)36-14-6-2-7-15-36)41-29-24-35(25-30-41)39-21-20-37-26-31-44-46(43(37)32-39)50-47(48-44)38-16-8-3-9-17-38/h1-32H. The van der Waals surface area contributed by atoms with E-state index in [-0.39, 0.29) is 0 Å². The van der Waals surface area contributed by atoms with Crippen molar-refractivity contribution in [3.8, 4) is 44.8 Å². The minimum atomic E-state index is 0.635. The number of anilines is 3. The van der Waals surface area contributed by atoms with E-state index < -0.39 is 0 Å². The Balaban J connectivity index is 1.12. The lowest BCUT2D eigenvalue weighted by Gasteiger charge is -2.28. The van der Waals surface area contributed by atoms with Gasteiger partial charge >= 0.3 is 0 Å². The molecule has 0 saturated heterocycles. The third-order valence-corrected chi connectivity index (χ3v) is 9.31. The van der Waals surface area contributed by atoms with Gasteiger partial charge in [-0.3, -0.25) is 0 Å². The number of hydrogen-bond donors (Lipinski definition) is 0. The van der Waals surface area contributed by atoms with E-state index in [0.717, 1.165) is 55.6 Å². The largest absolute Gasteiger partial charge is 0.435 e. The van der Waals surface area contributed by atoms with Crippen LogP contribution in [-0.4, -0.2) is 4.98 Å². The smallest absolute Gasteiger partial charge is 0.227 e. The summed E-state index contributed by atoms with van der Waals surface area (Å²) in [6.45, 7) is 0. The quantitative estimate of drug-likeness (QED) is 0.174. The third kappa shape index (κ3) is 5.51. The minimum Gasteiger partial charge on any atom is -0.435 e. The molecule has 3 nitrogen and oxygen atoms in total. The van der Waals surface area contributed by atoms with Crippen molar-refractivity contribution in [2.24, 2.45) is 0 Å². The highest BCUT2D eigenvalue weighted by Gasteiger charge is 2.18. The van der Waals surface area contributed by atoms with Gasteiger partial charge in [0, 0.05) is 27.9 Å². The maximum atomic E-state index is 6.37. The van der Waals surface area contributed by atoms with Gasteiger partial charge in [0.1, 0.15) is 5.52 Å². The first-order valence-electron chi connectivity index (χ1n) is 16.9. The third-order valence-electron chi connectivity index (χ3n) is 9.31. The van der Waals surface area contributed by atoms with Gasteiger partial charge in [-0.25, -0.2) is 4.98 Å². The van der Waals surface area contributed by atoms with Gasteiger partial charge in [0.05, 0.1) is 5.69 Å². The second kappa shape index (κ2) is 12.7. The highest BCUT2D eigenvalue weighted by atomic mass is 16.3. The van der Waals surface area contributed by atoms with E-state index in [9.17, 15) is 0 Å². The van der Waals surface area contributed by atoms with E-state index >= 15 is 0 Å². The summed E-state index contributed by atoms with van der Waals surface area (Å²) in [7, 11) is 0. The monoisotopic (exact) mass is 640 g/mol. The Hall–Kier alpha value is -6.71. The van der Waals surface area contributed by atoms with Crippen LogP contribution in [0.1, 0.15) is 0 Å². The first kappa shape index (κ1) is 29.4. The fourth-order valence-corrected chi connectivity index (χ4v) is 6.78. The lowest BCUT2D eigenvalue weighted by molar-refractivity contribution is 0.623. The summed E-state index contributed by atoms with van der Waals surface area (Å²) >= 11 is 0. The van der Waals surface area contributed by atoms with Gasteiger partial charge in [0.25, 0.3) is 0 Å². The van der Waals surface area contributed by atoms with E-state index in [1.165, 1.54) is 22.3 Å². The zero-order valence-electron chi connectivity index (χ0n) is 27.3. The molecule has 0 N–H and O–H groups in total. The topological polar surface area (TPSA) is 29.3 Å². The Labute approximate surface area is 291 Å². The van der Waals surface area contributed by atoms with Crippen LogP contribution in [0, 0.1) is 0 Å². The first-order chi connectivity index (χ1) is 24.8. The number of aromatic nitrogens is 1. The molecule has 9 aromatic rings. The summed E-state index contributed by atoms with van der Waals surface area (Å²) in [5.74, 6) is 0.635. The van der Waals surface area contributed by atoms with Gasteiger partial charge < -0.3 is 9.32 Å². The van der Waals surface area contributed by atoms with Gasteiger partial charge in [-0.1, -0.05) is 140 Å². The van der Waals surface area contributed by atoms with Gasteiger partial charge in [0.2, 0.25) is 5.89 Å². The first-order valence-corrected chi connectivity index (χ1v) is 16.9. The zero-order valence-corrected chi connectivity index (χ0v) is 27.3.